The van der Waals surface area contributed by atoms with Crippen LogP contribution in [0.4, 0.5) is 10.1 Å². The fourth-order valence-corrected chi connectivity index (χ4v) is 1.75. The first-order chi connectivity index (χ1) is 11.0. The second kappa shape index (κ2) is 7.17. The minimum Gasteiger partial charge on any atom is -0.452 e. The van der Waals surface area contributed by atoms with Gasteiger partial charge in [0.15, 0.2) is 6.61 Å². The Morgan fingerprint density at radius 3 is 2.30 bits per heavy atom. The van der Waals surface area contributed by atoms with Crippen LogP contribution in [0.2, 0.25) is 0 Å². The maximum absolute atomic E-state index is 13.4. The lowest BCUT2D eigenvalue weighted by atomic mass is 10.2. The van der Waals surface area contributed by atoms with Gasteiger partial charge in [-0.1, -0.05) is 12.1 Å². The molecule has 0 saturated heterocycles. The molecule has 0 unspecified atom stereocenters. The van der Waals surface area contributed by atoms with Crippen molar-refractivity contribution in [3.63, 3.8) is 0 Å². The molecule has 7 heteroatoms. The Morgan fingerprint density at radius 1 is 1.04 bits per heavy atom. The van der Waals surface area contributed by atoms with Crippen LogP contribution in [0, 0.1) is 5.82 Å². The third-order valence-electron chi connectivity index (χ3n) is 2.88. The molecule has 3 N–H and O–H groups in total. The third-order valence-corrected chi connectivity index (χ3v) is 2.88. The van der Waals surface area contributed by atoms with Crippen LogP contribution < -0.4 is 11.1 Å². The summed E-state index contributed by atoms with van der Waals surface area (Å²) in [5.74, 6) is -2.83. The van der Waals surface area contributed by atoms with Crippen molar-refractivity contribution in [3.05, 3.63) is 65.5 Å². The molecule has 2 rings (SSSR count). The lowest BCUT2D eigenvalue weighted by molar-refractivity contribution is -0.119. The molecule has 118 valence electrons. The number of carbonyl (C=O) groups is 3. The Hall–Kier alpha value is -3.22. The van der Waals surface area contributed by atoms with Crippen molar-refractivity contribution in [2.75, 3.05) is 11.9 Å². The quantitative estimate of drug-likeness (QED) is 0.821. The normalized spacial score (nSPS) is 9.96. The summed E-state index contributed by atoms with van der Waals surface area (Å²) in [6.45, 7) is -0.565. The fourth-order valence-electron chi connectivity index (χ4n) is 1.75. The first-order valence-electron chi connectivity index (χ1n) is 6.59. The van der Waals surface area contributed by atoms with Gasteiger partial charge in [-0.3, -0.25) is 9.59 Å². The number of nitrogens with one attached hydrogen (secondary N) is 1. The Kier molecular flexibility index (Phi) is 5.03. The van der Waals surface area contributed by atoms with Gasteiger partial charge < -0.3 is 15.8 Å². The van der Waals surface area contributed by atoms with E-state index in [-0.39, 0.29) is 5.56 Å². The number of carbonyl (C=O) groups excluding carboxylic acids is 3. The van der Waals surface area contributed by atoms with Gasteiger partial charge in [0.05, 0.1) is 5.56 Å². The summed E-state index contributed by atoms with van der Waals surface area (Å²) in [5.41, 5.74) is 5.56. The molecule has 0 atom stereocenters. The number of primary amides is 1. The predicted molar refractivity (Wildman–Crippen MR) is 80.3 cm³/mol. The van der Waals surface area contributed by atoms with Gasteiger partial charge in [0, 0.05) is 11.3 Å². The highest BCUT2D eigenvalue weighted by atomic mass is 19.1. The average molecular weight is 316 g/mol. The second-order valence-corrected chi connectivity index (χ2v) is 4.55. The van der Waals surface area contributed by atoms with Gasteiger partial charge >= 0.3 is 5.97 Å². The van der Waals surface area contributed by atoms with Gasteiger partial charge in [0.2, 0.25) is 5.91 Å². The molecular formula is C16H13FN2O4. The summed E-state index contributed by atoms with van der Waals surface area (Å²) >= 11 is 0. The zero-order valence-electron chi connectivity index (χ0n) is 11.9. The molecule has 6 nitrogen and oxygen atoms in total. The Labute approximate surface area is 131 Å². The fraction of sp³-hybridized carbons (Fsp3) is 0.0625. The Balaban J connectivity index is 1.89. The molecular weight excluding hydrogens is 303 g/mol. The Bertz CT molecular complexity index is 744. The molecule has 0 spiro atoms. The monoisotopic (exact) mass is 316 g/mol. The van der Waals surface area contributed by atoms with E-state index in [4.69, 9.17) is 10.5 Å². The van der Waals surface area contributed by atoms with E-state index >= 15 is 0 Å². The summed E-state index contributed by atoms with van der Waals surface area (Å²) in [5, 5.41) is 2.47. The predicted octanol–water partition coefficient (Wildman–Crippen LogP) is 1.72. The van der Waals surface area contributed by atoms with Gasteiger partial charge in [-0.15, -0.1) is 0 Å². The van der Waals surface area contributed by atoms with Crippen molar-refractivity contribution in [2.24, 2.45) is 5.73 Å². The molecule has 0 aliphatic rings. The van der Waals surface area contributed by atoms with Crippen molar-refractivity contribution in [3.8, 4) is 0 Å². The van der Waals surface area contributed by atoms with E-state index in [0.29, 0.717) is 11.3 Å². The number of amides is 2. The van der Waals surface area contributed by atoms with Crippen LogP contribution in [0.1, 0.15) is 20.7 Å². The van der Waals surface area contributed by atoms with Crippen molar-refractivity contribution >= 4 is 23.5 Å². The first kappa shape index (κ1) is 16.2. The molecule has 2 aromatic carbocycles. The summed E-state index contributed by atoms with van der Waals surface area (Å²) in [4.78, 5) is 34.2. The number of ether oxygens (including phenoxy) is 1. The van der Waals surface area contributed by atoms with Gasteiger partial charge in [0.1, 0.15) is 5.82 Å². The topological polar surface area (TPSA) is 98.5 Å². The second-order valence-electron chi connectivity index (χ2n) is 4.55. The smallest absolute Gasteiger partial charge is 0.341 e. The number of halogens is 1. The van der Waals surface area contributed by atoms with Crippen molar-refractivity contribution < 1.29 is 23.5 Å². The van der Waals surface area contributed by atoms with Crippen molar-refractivity contribution in [1.82, 2.24) is 0 Å². The molecule has 23 heavy (non-hydrogen) atoms. The van der Waals surface area contributed by atoms with Crippen LogP contribution in [-0.2, 0) is 9.53 Å². The van der Waals surface area contributed by atoms with Crippen molar-refractivity contribution in [2.45, 2.75) is 0 Å². The molecule has 0 aliphatic heterocycles. The van der Waals surface area contributed by atoms with E-state index in [0.717, 1.165) is 6.07 Å². The van der Waals surface area contributed by atoms with E-state index in [1.807, 2.05) is 0 Å². The maximum Gasteiger partial charge on any atom is 0.341 e. The van der Waals surface area contributed by atoms with Gasteiger partial charge in [-0.05, 0) is 36.4 Å². The molecule has 0 aliphatic carbocycles. The third kappa shape index (κ3) is 4.37. The average Bonchev–Trinajstić information content (AvgIpc) is 2.53. The molecule has 0 bridgehead atoms. The standard InChI is InChI=1S/C16H13FN2O4/c17-13-4-2-1-3-12(13)16(22)23-9-14(20)19-11-7-5-10(6-8-11)15(18)21/h1-8H,9H2,(H2,18,21)(H,19,20). The van der Waals surface area contributed by atoms with Crippen LogP contribution in [-0.4, -0.2) is 24.4 Å². The lowest BCUT2D eigenvalue weighted by Crippen LogP contribution is -2.21. The number of nitrogens with two attached hydrogens (primary N) is 1. The lowest BCUT2D eigenvalue weighted by Gasteiger charge is -2.07. The molecule has 2 amide bonds. The summed E-state index contributed by atoms with van der Waals surface area (Å²) in [6, 6.07) is 11.2. The van der Waals surface area contributed by atoms with E-state index < -0.39 is 30.2 Å². The van der Waals surface area contributed by atoms with Crippen LogP contribution >= 0.6 is 0 Å². The van der Waals surface area contributed by atoms with Gasteiger partial charge in [0.25, 0.3) is 5.91 Å². The number of esters is 1. The van der Waals surface area contributed by atoms with Crippen molar-refractivity contribution in [1.29, 1.82) is 0 Å². The highest BCUT2D eigenvalue weighted by molar-refractivity contribution is 5.96. The minimum atomic E-state index is -0.928. The number of benzene rings is 2. The summed E-state index contributed by atoms with van der Waals surface area (Å²) < 4.78 is 18.1. The van der Waals surface area contributed by atoms with Crippen LogP contribution in [0.5, 0.6) is 0 Å². The molecule has 0 saturated carbocycles. The first-order valence-corrected chi connectivity index (χ1v) is 6.59. The van der Waals surface area contributed by atoms with Gasteiger partial charge in [-0.25, -0.2) is 9.18 Å². The van der Waals surface area contributed by atoms with Crippen LogP contribution in [0.15, 0.2) is 48.5 Å². The zero-order valence-corrected chi connectivity index (χ0v) is 11.9. The number of rotatable bonds is 5. The highest BCUT2D eigenvalue weighted by Gasteiger charge is 2.14. The highest BCUT2D eigenvalue weighted by Crippen LogP contribution is 2.10. The summed E-state index contributed by atoms with van der Waals surface area (Å²) in [7, 11) is 0. The molecule has 0 heterocycles. The molecule has 0 aromatic heterocycles. The van der Waals surface area contributed by atoms with Gasteiger partial charge in [-0.2, -0.15) is 0 Å². The number of hydrogen-bond donors (Lipinski definition) is 2. The number of anilines is 1. The minimum absolute atomic E-state index is 0.244. The van der Waals surface area contributed by atoms with E-state index in [1.165, 1.54) is 42.5 Å². The van der Waals surface area contributed by atoms with Crippen LogP contribution in [0.3, 0.4) is 0 Å². The van der Waals surface area contributed by atoms with E-state index in [9.17, 15) is 18.8 Å². The molecule has 0 radical (unpaired) electrons. The largest absolute Gasteiger partial charge is 0.452 e. The zero-order chi connectivity index (χ0) is 16.8. The Morgan fingerprint density at radius 2 is 1.70 bits per heavy atom. The summed E-state index contributed by atoms with van der Waals surface area (Å²) in [6.07, 6.45) is 0. The molecule has 0 fully saturated rings. The number of hydrogen-bond acceptors (Lipinski definition) is 4. The van der Waals surface area contributed by atoms with Crippen LogP contribution in [0.25, 0.3) is 0 Å². The van der Waals surface area contributed by atoms with E-state index in [1.54, 1.807) is 0 Å². The van der Waals surface area contributed by atoms with E-state index in [2.05, 4.69) is 5.32 Å². The maximum atomic E-state index is 13.4. The SMILES string of the molecule is NC(=O)c1ccc(NC(=O)COC(=O)c2ccccc2F)cc1. The molecule has 2 aromatic rings.